The van der Waals surface area contributed by atoms with E-state index in [9.17, 15) is 38.4 Å². The van der Waals surface area contributed by atoms with Crippen LogP contribution in [0.15, 0.2) is 0 Å². The van der Waals surface area contributed by atoms with Crippen LogP contribution in [-0.4, -0.2) is 215 Å². The van der Waals surface area contributed by atoms with Gasteiger partial charge in [-0.05, 0) is 196 Å². The Balaban J connectivity index is -0.000000129. The fourth-order valence-corrected chi connectivity index (χ4v) is 10.6. The molecule has 0 bridgehead atoms. The number of aldehydes is 1. The summed E-state index contributed by atoms with van der Waals surface area (Å²) in [5.41, 5.74) is 0.826. The number of carbonyl (C=O) groups is 8. The monoisotopic (exact) mass is 1600 g/mol. The van der Waals surface area contributed by atoms with E-state index in [0.717, 1.165) is 214 Å². The first kappa shape index (κ1) is 125. The topological polar surface area (TPSA) is 307 Å². The van der Waals surface area contributed by atoms with Crippen LogP contribution in [-0.2, 0) is 99.6 Å². The summed E-state index contributed by atoms with van der Waals surface area (Å²) < 4.78 is 73.3. The number of cyclic esters (lactones) is 3. The van der Waals surface area contributed by atoms with Gasteiger partial charge in [0.2, 0.25) is 0 Å². The van der Waals surface area contributed by atoms with Crippen LogP contribution in [0.2, 0.25) is 0 Å². The average Bonchev–Trinajstić information content (AvgIpc) is 1.83. The summed E-state index contributed by atoms with van der Waals surface area (Å²) in [6.45, 7) is 46.5. The molecule has 0 saturated carbocycles. The summed E-state index contributed by atoms with van der Waals surface area (Å²) in [4.78, 5) is 86.3. The molecular weight excluding hydrogens is 1420 g/mol. The van der Waals surface area contributed by atoms with Gasteiger partial charge in [-0.15, -0.1) is 0 Å². The van der Waals surface area contributed by atoms with Crippen molar-refractivity contribution in [1.29, 1.82) is 1.34 Å². The second-order valence-corrected chi connectivity index (χ2v) is 30.3. The van der Waals surface area contributed by atoms with Crippen LogP contribution < -0.4 is 0 Å². The molecule has 664 valence electrons. The molecule has 3 saturated heterocycles. The Morgan fingerprint density at radius 3 is 1.14 bits per heavy atom. The van der Waals surface area contributed by atoms with Gasteiger partial charge in [-0.1, -0.05) is 117 Å². The Hall–Kier alpha value is -4.11. The van der Waals surface area contributed by atoms with Crippen LogP contribution in [0.1, 0.15) is 325 Å². The molecule has 0 aliphatic carbocycles. The van der Waals surface area contributed by atoms with Crippen LogP contribution in [0.3, 0.4) is 0 Å². The first-order valence-electron chi connectivity index (χ1n) is 41.6. The maximum absolute atomic E-state index is 11.1. The molecule has 0 aromatic heterocycles. The standard InChI is InChI=1S/C12H18O4.2C12H24O2.C10H17O2.2C8H16O2.C6H10O2.2C6H14O2.C3H8O.C2H6.CH4O.CH4.BHO/c13-11-3-1-9(5-7-15-11)10-2-4-12(14)16-8-6-10;2*1-10(13)6-7-11(8-9-14-5)12(2,3)4;1-10(2,3)8-4-5-9(11)12-7-6-8;2*1-8(9)6-4-3-5-7-10-2;7-6-4-2-1-3-5-8-6;2*1-3-4-8-6-5-7-2;1-2-3-4;2*1-2;;1-2/h9-10H,1-8H2;2*11H,6-9H2,1-5H3;7-8H,4-6H2,1-3H3;2*3-7H2,1-2H3;1-5H2;2*3-6H2,1-2H3;4H,2-3H2,1H3;1-2H3;2H,1H3;1H4;1H/q;;;+1;;;;;;;;;;/i;;;;;;;;;;;;;1D. The molecule has 23 nitrogen and oxygen atoms in total. The first-order valence-corrected chi connectivity index (χ1v) is 41.0. The van der Waals surface area contributed by atoms with Crippen molar-refractivity contribution in [2.45, 2.75) is 325 Å². The van der Waals surface area contributed by atoms with Gasteiger partial charge in [-0.3, -0.25) is 18.8 Å². The zero-order chi connectivity index (χ0) is 87.0. The number of unbranched alkanes of at least 4 members (excludes halogenated alkanes) is 4. The molecule has 2 N–H and O–H groups in total. The van der Waals surface area contributed by atoms with Gasteiger partial charge in [-0.2, -0.15) is 0 Å². The zero-order valence-corrected chi connectivity index (χ0v) is 75.1. The van der Waals surface area contributed by atoms with Crippen LogP contribution in [0.4, 0.5) is 0 Å². The number of Topliss-reactive ketones (excluding diaryl/α,β-unsaturated/α-hetero) is 4. The Bertz CT molecular complexity index is 1970. The molecule has 0 aromatic carbocycles. The Kier molecular flexibility index (Phi) is 109. The molecule has 4 rings (SSSR count). The number of esters is 3. The molecule has 4 heterocycles. The van der Waals surface area contributed by atoms with Crippen LogP contribution in [0.5, 0.6) is 0 Å². The molecule has 24 heteroatoms. The van der Waals surface area contributed by atoms with Gasteiger partial charge in [0, 0.05) is 152 Å². The predicted octanol–water partition coefficient (Wildman–Crippen LogP) is 17.6. The van der Waals surface area contributed by atoms with Gasteiger partial charge in [0.05, 0.1) is 46.2 Å². The van der Waals surface area contributed by atoms with Crippen molar-refractivity contribution in [3.63, 3.8) is 0 Å². The fourth-order valence-electron chi connectivity index (χ4n) is 10.6. The predicted molar refractivity (Wildman–Crippen MR) is 452 cm³/mol. The van der Waals surface area contributed by atoms with Gasteiger partial charge in [0.1, 0.15) is 29.6 Å². The van der Waals surface area contributed by atoms with Gasteiger partial charge in [0.25, 0.3) is 0 Å². The fraction of sp³-hybridized carbons (Fsp3) is 0.897. The summed E-state index contributed by atoms with van der Waals surface area (Å²) in [7, 11) is 11.2. The minimum absolute atomic E-state index is 0. The van der Waals surface area contributed by atoms with Crippen molar-refractivity contribution in [1.82, 2.24) is 0 Å². The molecular formula is C87H176BO23+. The molecule has 0 amide bonds. The van der Waals surface area contributed by atoms with E-state index in [4.69, 9.17) is 72.8 Å². The number of hydrogen-bond donors (Lipinski definition) is 2. The molecule has 0 spiro atoms. The second-order valence-electron chi connectivity index (χ2n) is 30.3. The number of methoxy groups -OCH3 is 6. The van der Waals surface area contributed by atoms with Gasteiger partial charge >= 0.3 is 37.6 Å². The van der Waals surface area contributed by atoms with Crippen LogP contribution in [0.25, 0.3) is 0 Å². The number of rotatable bonds is 36. The second kappa shape index (κ2) is 96.5. The van der Waals surface area contributed by atoms with Crippen LogP contribution in [0, 0.1) is 45.8 Å². The summed E-state index contributed by atoms with van der Waals surface area (Å²) in [5, 5.41) is 14.9. The number of ether oxygens (including phenoxy) is 11. The van der Waals surface area contributed by atoms with E-state index in [0.29, 0.717) is 108 Å². The SMILES string of the molecule is C.CC.CC(C)(C)C1CC=[O+]C(=O)CC1.CCCO.CCCOCCOC.CCCOCCOC.CO.COCCC(CCC(C)=O)C(C)(C)C.COCCC(CCC(C)=O)C(C)(C)C.COCCCCCC(C)=O.COCCCCCC(C)=O.O=C1CCC(C2CCOC(=O)CC2)CCO1.O=C1CCCCCO1.[2H]B=O. The number of ketones is 4. The summed E-state index contributed by atoms with van der Waals surface area (Å²) in [6.07, 6.45) is 29.0. The molecule has 4 aliphatic rings. The van der Waals surface area contributed by atoms with Crippen molar-refractivity contribution >= 4 is 61.0 Å². The Morgan fingerprint density at radius 2 is 0.829 bits per heavy atom. The van der Waals surface area contributed by atoms with E-state index < -0.39 is 0 Å². The quantitative estimate of drug-likeness (QED) is 0.0147. The minimum atomic E-state index is -0.0817. The Labute approximate surface area is 681 Å². The van der Waals surface area contributed by atoms with Crippen LogP contribution >= 0.6 is 0 Å². The van der Waals surface area contributed by atoms with E-state index in [1.165, 1.54) is 0 Å². The molecule has 4 aliphatic heterocycles. The zero-order valence-electron chi connectivity index (χ0n) is 76.1. The number of hydrogen-bond acceptors (Lipinski definition) is 22. The molecule has 0 radical (unpaired) electrons. The van der Waals surface area contributed by atoms with Crippen molar-refractivity contribution in [3.05, 3.63) is 0 Å². The van der Waals surface area contributed by atoms with Crippen molar-refractivity contribution < 1.29 is 110 Å². The van der Waals surface area contributed by atoms with E-state index >= 15 is 0 Å². The summed E-state index contributed by atoms with van der Waals surface area (Å²) in [5.74, 6) is 3.64. The van der Waals surface area contributed by atoms with Crippen molar-refractivity contribution in [2.75, 3.05) is 142 Å². The first-order chi connectivity index (χ1) is 52.6. The van der Waals surface area contributed by atoms with E-state index in [1.807, 2.05) is 20.8 Å². The third kappa shape index (κ3) is 108. The summed E-state index contributed by atoms with van der Waals surface area (Å²) >= 11 is 0. The third-order valence-corrected chi connectivity index (χ3v) is 17.4. The molecule has 0 aromatic rings. The Morgan fingerprint density at radius 1 is 0.477 bits per heavy atom. The van der Waals surface area contributed by atoms with E-state index in [-0.39, 0.29) is 78.4 Å². The number of carbonyl (C=O) groups excluding carboxylic acids is 9. The average molecular weight is 1600 g/mol. The van der Waals surface area contributed by atoms with Gasteiger partial charge in [-0.25, -0.2) is 0 Å². The van der Waals surface area contributed by atoms with Crippen molar-refractivity contribution in [2.24, 2.45) is 45.8 Å². The summed E-state index contributed by atoms with van der Waals surface area (Å²) in [6, 6.07) is 0. The van der Waals surface area contributed by atoms with Gasteiger partial charge < -0.3 is 81.5 Å². The van der Waals surface area contributed by atoms with E-state index in [2.05, 4.69) is 76.2 Å². The molecule has 5 unspecified atom stereocenters. The van der Waals surface area contributed by atoms with Gasteiger partial charge in [0.15, 0.2) is 6.29 Å². The maximum atomic E-state index is 11.1. The molecule has 5 atom stereocenters. The van der Waals surface area contributed by atoms with E-state index in [1.54, 1.807) is 76.6 Å². The number of aliphatic hydroxyl groups excluding tert-OH is 2. The van der Waals surface area contributed by atoms with Crippen molar-refractivity contribution in [3.8, 4) is 0 Å². The molecule has 3 fully saturated rings. The normalized spacial score (nSPS) is 16.2. The number of aliphatic hydroxyl groups is 2. The third-order valence-electron chi connectivity index (χ3n) is 17.4. The molecule has 111 heavy (non-hydrogen) atoms.